The van der Waals surface area contributed by atoms with Crippen molar-refractivity contribution in [2.45, 2.75) is 26.8 Å². The fourth-order valence-corrected chi connectivity index (χ4v) is 2.57. The Morgan fingerprint density at radius 3 is 2.75 bits per heavy atom. The zero-order chi connectivity index (χ0) is 17.2. The molecule has 2 rings (SSSR count). The molecule has 5 nitrogen and oxygen atoms in total. The predicted molar refractivity (Wildman–Crippen MR) is 102 cm³/mol. The number of hydrogen-bond donors (Lipinski definition) is 2. The zero-order valence-electron chi connectivity index (χ0n) is 14.6. The Bertz CT molecular complexity index is 637. The van der Waals surface area contributed by atoms with Gasteiger partial charge in [0.2, 0.25) is 5.89 Å². The van der Waals surface area contributed by atoms with E-state index in [1.807, 2.05) is 23.9 Å². The highest BCUT2D eigenvalue weighted by Crippen LogP contribution is 2.19. The number of nitrogens with one attached hydrogen (secondary N) is 2. The summed E-state index contributed by atoms with van der Waals surface area (Å²) in [7, 11) is 0. The fraction of sp³-hybridized carbons (Fsp3) is 0.444. The topological polar surface area (TPSA) is 62.5 Å². The van der Waals surface area contributed by atoms with Crippen LogP contribution in [0.4, 0.5) is 0 Å². The average molecular weight is 347 g/mol. The summed E-state index contributed by atoms with van der Waals surface area (Å²) < 4.78 is 5.57. The van der Waals surface area contributed by atoms with Gasteiger partial charge in [-0.3, -0.25) is 0 Å². The Balaban J connectivity index is 1.94. The van der Waals surface area contributed by atoms with Crippen molar-refractivity contribution < 1.29 is 4.42 Å². The standard InChI is InChI=1S/C18H26N4OS/c1-4-19-18(20-10-5-11-24-3)21-12-16-13-23-17(22-16)15-8-6-14(2)7-9-15/h6-9,13H,4-5,10-12H2,1-3H3,(H2,19,20,21). The molecule has 0 aliphatic rings. The van der Waals surface area contributed by atoms with Gasteiger partial charge in [-0.15, -0.1) is 0 Å². The van der Waals surface area contributed by atoms with Gasteiger partial charge in [0.15, 0.2) is 5.96 Å². The van der Waals surface area contributed by atoms with Crippen LogP contribution in [0.1, 0.15) is 24.6 Å². The van der Waals surface area contributed by atoms with Crippen molar-refractivity contribution >= 4 is 17.7 Å². The first-order valence-electron chi connectivity index (χ1n) is 8.25. The quantitative estimate of drug-likeness (QED) is 0.435. The number of oxazole rings is 1. The third-order valence-corrected chi connectivity index (χ3v) is 4.11. The minimum Gasteiger partial charge on any atom is -0.444 e. The number of thioether (sulfide) groups is 1. The van der Waals surface area contributed by atoms with Gasteiger partial charge in [0, 0.05) is 18.7 Å². The first kappa shape index (κ1) is 18.4. The summed E-state index contributed by atoms with van der Waals surface area (Å²) in [5.74, 6) is 2.60. The zero-order valence-corrected chi connectivity index (χ0v) is 15.4. The molecule has 1 aromatic carbocycles. The van der Waals surface area contributed by atoms with Gasteiger partial charge in [-0.05, 0) is 44.4 Å². The van der Waals surface area contributed by atoms with Crippen molar-refractivity contribution in [2.24, 2.45) is 4.99 Å². The number of guanidine groups is 1. The molecule has 0 radical (unpaired) electrons. The van der Waals surface area contributed by atoms with Crippen LogP contribution in [0.15, 0.2) is 39.9 Å². The predicted octanol–water partition coefficient (Wildman–Crippen LogP) is 3.46. The maximum Gasteiger partial charge on any atom is 0.226 e. The molecule has 0 unspecified atom stereocenters. The number of rotatable bonds is 8. The van der Waals surface area contributed by atoms with Crippen LogP contribution in [0, 0.1) is 6.92 Å². The fourth-order valence-electron chi connectivity index (χ4n) is 2.13. The van der Waals surface area contributed by atoms with E-state index in [1.165, 1.54) is 5.56 Å². The van der Waals surface area contributed by atoms with Crippen LogP contribution < -0.4 is 10.6 Å². The monoisotopic (exact) mass is 346 g/mol. The molecule has 0 fully saturated rings. The van der Waals surface area contributed by atoms with E-state index in [-0.39, 0.29) is 0 Å². The highest BCUT2D eigenvalue weighted by molar-refractivity contribution is 7.98. The SMILES string of the molecule is CCNC(=NCc1coc(-c2ccc(C)cc2)n1)NCCCSC. The molecular formula is C18H26N4OS. The minimum atomic E-state index is 0.493. The lowest BCUT2D eigenvalue weighted by Crippen LogP contribution is -2.37. The Labute approximate surface area is 148 Å². The highest BCUT2D eigenvalue weighted by Gasteiger charge is 2.06. The number of aryl methyl sites for hydroxylation is 1. The first-order valence-corrected chi connectivity index (χ1v) is 9.65. The lowest BCUT2D eigenvalue weighted by Gasteiger charge is -2.10. The normalized spacial score (nSPS) is 11.5. The van der Waals surface area contributed by atoms with E-state index < -0.39 is 0 Å². The number of aromatic nitrogens is 1. The van der Waals surface area contributed by atoms with E-state index in [9.17, 15) is 0 Å². The van der Waals surface area contributed by atoms with Crippen LogP contribution in [0.3, 0.4) is 0 Å². The molecule has 1 aromatic heterocycles. The molecule has 0 amide bonds. The molecule has 0 atom stereocenters. The van der Waals surface area contributed by atoms with Gasteiger partial charge in [-0.2, -0.15) is 11.8 Å². The molecule has 0 spiro atoms. The summed E-state index contributed by atoms with van der Waals surface area (Å²) in [4.78, 5) is 9.09. The van der Waals surface area contributed by atoms with Crippen LogP contribution in [-0.2, 0) is 6.54 Å². The third kappa shape index (κ3) is 5.92. The first-order chi connectivity index (χ1) is 11.7. The molecule has 0 saturated carbocycles. The lowest BCUT2D eigenvalue weighted by atomic mass is 10.1. The Kier molecular flexibility index (Phi) is 7.68. The maximum absolute atomic E-state index is 5.57. The number of aliphatic imine (C=N–C) groups is 1. The van der Waals surface area contributed by atoms with Crippen molar-refractivity contribution in [3.8, 4) is 11.5 Å². The van der Waals surface area contributed by atoms with Crippen molar-refractivity contribution in [3.05, 3.63) is 41.8 Å². The van der Waals surface area contributed by atoms with Gasteiger partial charge < -0.3 is 15.1 Å². The van der Waals surface area contributed by atoms with Crippen LogP contribution in [0.2, 0.25) is 0 Å². The summed E-state index contributed by atoms with van der Waals surface area (Å²) in [6.07, 6.45) is 4.92. The van der Waals surface area contributed by atoms with Gasteiger partial charge in [0.05, 0.1) is 6.54 Å². The minimum absolute atomic E-state index is 0.493. The van der Waals surface area contributed by atoms with Crippen LogP contribution in [0.25, 0.3) is 11.5 Å². The average Bonchev–Trinajstić information content (AvgIpc) is 3.06. The van der Waals surface area contributed by atoms with E-state index in [1.54, 1.807) is 6.26 Å². The molecule has 2 aromatic rings. The van der Waals surface area contributed by atoms with Crippen molar-refractivity contribution in [2.75, 3.05) is 25.1 Å². The largest absolute Gasteiger partial charge is 0.444 e. The summed E-state index contributed by atoms with van der Waals surface area (Å²) >= 11 is 1.86. The molecule has 130 valence electrons. The number of benzene rings is 1. The molecule has 6 heteroatoms. The van der Waals surface area contributed by atoms with Crippen LogP contribution in [0.5, 0.6) is 0 Å². The van der Waals surface area contributed by atoms with Gasteiger partial charge in [-0.25, -0.2) is 9.98 Å². The Morgan fingerprint density at radius 2 is 2.04 bits per heavy atom. The van der Waals surface area contributed by atoms with E-state index in [0.29, 0.717) is 12.4 Å². The smallest absolute Gasteiger partial charge is 0.226 e. The molecule has 0 aliphatic heterocycles. The molecular weight excluding hydrogens is 320 g/mol. The van der Waals surface area contributed by atoms with E-state index in [4.69, 9.17) is 4.42 Å². The van der Waals surface area contributed by atoms with Gasteiger partial charge in [0.1, 0.15) is 12.0 Å². The summed E-state index contributed by atoms with van der Waals surface area (Å²) in [6, 6.07) is 8.15. The second-order valence-corrected chi connectivity index (χ2v) is 6.46. The van der Waals surface area contributed by atoms with E-state index in [2.05, 4.69) is 52.8 Å². The Hall–Kier alpha value is -1.95. The summed E-state index contributed by atoms with van der Waals surface area (Å²) in [5.41, 5.74) is 3.03. The highest BCUT2D eigenvalue weighted by atomic mass is 32.2. The molecule has 0 aliphatic carbocycles. The van der Waals surface area contributed by atoms with Crippen molar-refractivity contribution in [3.63, 3.8) is 0 Å². The lowest BCUT2D eigenvalue weighted by molar-refractivity contribution is 0.572. The maximum atomic E-state index is 5.57. The second-order valence-electron chi connectivity index (χ2n) is 5.48. The number of hydrogen-bond acceptors (Lipinski definition) is 4. The number of nitrogens with zero attached hydrogens (tertiary/aromatic N) is 2. The summed E-state index contributed by atoms with van der Waals surface area (Å²) in [5, 5.41) is 6.59. The third-order valence-electron chi connectivity index (χ3n) is 3.41. The molecule has 0 bridgehead atoms. The van der Waals surface area contributed by atoms with E-state index in [0.717, 1.165) is 42.5 Å². The molecule has 0 saturated heterocycles. The molecule has 2 N–H and O–H groups in total. The van der Waals surface area contributed by atoms with Gasteiger partial charge >= 0.3 is 0 Å². The van der Waals surface area contributed by atoms with Gasteiger partial charge in [-0.1, -0.05) is 17.7 Å². The second kappa shape index (κ2) is 10.0. The van der Waals surface area contributed by atoms with Crippen LogP contribution in [-0.4, -0.2) is 36.0 Å². The molecule has 1 heterocycles. The van der Waals surface area contributed by atoms with E-state index >= 15 is 0 Å². The van der Waals surface area contributed by atoms with Crippen molar-refractivity contribution in [1.82, 2.24) is 15.6 Å². The molecule has 24 heavy (non-hydrogen) atoms. The van der Waals surface area contributed by atoms with Crippen molar-refractivity contribution in [1.29, 1.82) is 0 Å². The van der Waals surface area contributed by atoms with Crippen LogP contribution >= 0.6 is 11.8 Å². The Morgan fingerprint density at radius 1 is 1.25 bits per heavy atom. The summed E-state index contributed by atoms with van der Waals surface area (Å²) in [6.45, 7) is 6.37. The van der Waals surface area contributed by atoms with Gasteiger partial charge in [0.25, 0.3) is 0 Å².